The predicted molar refractivity (Wildman–Crippen MR) is 83.6 cm³/mol. The van der Waals surface area contributed by atoms with Gasteiger partial charge >= 0.3 is 5.69 Å². The first-order valence-corrected chi connectivity index (χ1v) is 6.79. The van der Waals surface area contributed by atoms with Crippen molar-refractivity contribution in [1.29, 1.82) is 0 Å². The van der Waals surface area contributed by atoms with Gasteiger partial charge in [0.25, 0.3) is 0 Å². The maximum absolute atomic E-state index is 11.0. The Morgan fingerprint density at radius 1 is 1.41 bits per heavy atom. The van der Waals surface area contributed by atoms with Crippen LogP contribution >= 0.6 is 11.6 Å². The molecule has 116 valence electrons. The van der Waals surface area contributed by atoms with Crippen LogP contribution in [-0.2, 0) is 0 Å². The molecule has 1 heterocycles. The summed E-state index contributed by atoms with van der Waals surface area (Å²) < 4.78 is 0. The number of aliphatic hydroxyl groups excluding tert-OH is 1. The number of aliphatic hydroxyl groups is 1. The Hall–Kier alpha value is -2.45. The van der Waals surface area contributed by atoms with E-state index in [9.17, 15) is 15.2 Å². The first-order chi connectivity index (χ1) is 10.5. The van der Waals surface area contributed by atoms with E-state index in [2.05, 4.69) is 20.6 Å². The van der Waals surface area contributed by atoms with Gasteiger partial charge in [-0.2, -0.15) is 4.98 Å². The lowest BCUT2D eigenvalue weighted by molar-refractivity contribution is -0.384. The summed E-state index contributed by atoms with van der Waals surface area (Å²) >= 11 is 5.80. The van der Waals surface area contributed by atoms with Crippen LogP contribution < -0.4 is 10.6 Å². The highest BCUT2D eigenvalue weighted by atomic mass is 35.5. The molecule has 0 saturated carbocycles. The number of anilines is 3. The fourth-order valence-electron chi connectivity index (χ4n) is 1.61. The van der Waals surface area contributed by atoms with Crippen molar-refractivity contribution in [3.8, 4) is 0 Å². The summed E-state index contributed by atoms with van der Waals surface area (Å²) in [4.78, 5) is 18.3. The molecule has 0 aliphatic carbocycles. The summed E-state index contributed by atoms with van der Waals surface area (Å²) in [7, 11) is 0. The number of hydrogen-bond donors (Lipinski definition) is 3. The smallest absolute Gasteiger partial charge is 0.329 e. The number of halogens is 1. The molecule has 1 aromatic heterocycles. The van der Waals surface area contributed by atoms with E-state index >= 15 is 0 Å². The molecule has 3 N–H and O–H groups in total. The van der Waals surface area contributed by atoms with Gasteiger partial charge in [0.05, 0.1) is 11.0 Å². The van der Waals surface area contributed by atoms with Gasteiger partial charge in [0.1, 0.15) is 6.20 Å². The van der Waals surface area contributed by atoms with Gasteiger partial charge in [-0.3, -0.25) is 10.1 Å². The molecule has 0 aliphatic heterocycles. The highest BCUT2D eigenvalue weighted by Gasteiger charge is 2.17. The largest absolute Gasteiger partial charge is 0.392 e. The summed E-state index contributed by atoms with van der Waals surface area (Å²) in [5.41, 5.74) is 0.432. The monoisotopic (exact) mass is 323 g/mol. The summed E-state index contributed by atoms with van der Waals surface area (Å²) in [5, 5.41) is 26.5. The number of nitro groups is 1. The lowest BCUT2D eigenvalue weighted by atomic mass is 10.3. The third-order valence-corrected chi connectivity index (χ3v) is 2.88. The molecule has 0 amide bonds. The third-order valence-electron chi connectivity index (χ3n) is 2.63. The molecule has 0 fully saturated rings. The van der Waals surface area contributed by atoms with E-state index in [1.165, 1.54) is 0 Å². The van der Waals surface area contributed by atoms with Crippen LogP contribution in [0, 0.1) is 10.1 Å². The van der Waals surface area contributed by atoms with E-state index in [1.807, 2.05) is 0 Å². The van der Waals surface area contributed by atoms with E-state index in [0.717, 1.165) is 6.20 Å². The zero-order valence-corrected chi connectivity index (χ0v) is 12.4. The van der Waals surface area contributed by atoms with Crippen molar-refractivity contribution in [1.82, 2.24) is 9.97 Å². The van der Waals surface area contributed by atoms with Crippen molar-refractivity contribution in [3.05, 3.63) is 45.6 Å². The number of aromatic nitrogens is 2. The molecule has 0 saturated heterocycles. The summed E-state index contributed by atoms with van der Waals surface area (Å²) in [6, 6.07) is 6.86. The molecular weight excluding hydrogens is 310 g/mol. The number of hydrogen-bond acceptors (Lipinski definition) is 7. The van der Waals surface area contributed by atoms with Crippen LogP contribution in [0.15, 0.2) is 30.5 Å². The molecule has 1 unspecified atom stereocenters. The molecule has 0 aliphatic rings. The lowest BCUT2D eigenvalue weighted by Gasteiger charge is -2.10. The van der Waals surface area contributed by atoms with Gasteiger partial charge < -0.3 is 15.7 Å². The average Bonchev–Trinajstić information content (AvgIpc) is 2.47. The molecule has 0 spiro atoms. The van der Waals surface area contributed by atoms with Gasteiger partial charge in [0.2, 0.25) is 11.8 Å². The minimum atomic E-state index is -0.665. The van der Waals surface area contributed by atoms with Crippen LogP contribution in [0.25, 0.3) is 0 Å². The van der Waals surface area contributed by atoms with Crippen molar-refractivity contribution < 1.29 is 10.0 Å². The van der Waals surface area contributed by atoms with Gasteiger partial charge in [-0.1, -0.05) is 11.6 Å². The number of rotatable bonds is 6. The van der Waals surface area contributed by atoms with Gasteiger partial charge in [-0.25, -0.2) is 4.98 Å². The molecule has 2 aromatic rings. The van der Waals surface area contributed by atoms with Crippen LogP contribution in [0.3, 0.4) is 0 Å². The normalized spacial score (nSPS) is 11.8. The molecular formula is C13H14ClN5O3. The molecule has 0 radical (unpaired) electrons. The summed E-state index contributed by atoms with van der Waals surface area (Å²) in [5.74, 6) is 0.235. The first kappa shape index (κ1) is 15.9. The zero-order valence-electron chi connectivity index (χ0n) is 11.7. The molecule has 8 nitrogen and oxygen atoms in total. The highest BCUT2D eigenvalue weighted by molar-refractivity contribution is 6.30. The Kier molecular flexibility index (Phi) is 5.08. The second-order valence-electron chi connectivity index (χ2n) is 4.55. The van der Waals surface area contributed by atoms with E-state index in [0.29, 0.717) is 10.7 Å². The first-order valence-electron chi connectivity index (χ1n) is 6.41. The van der Waals surface area contributed by atoms with Crippen molar-refractivity contribution in [2.75, 3.05) is 17.2 Å². The summed E-state index contributed by atoms with van der Waals surface area (Å²) in [6.45, 7) is 1.70. The van der Waals surface area contributed by atoms with E-state index in [1.54, 1.807) is 31.2 Å². The van der Waals surface area contributed by atoms with Crippen molar-refractivity contribution in [2.45, 2.75) is 13.0 Å². The van der Waals surface area contributed by atoms with Crippen molar-refractivity contribution >= 4 is 34.7 Å². The van der Waals surface area contributed by atoms with Crippen molar-refractivity contribution in [2.24, 2.45) is 0 Å². The number of nitrogens with zero attached hydrogens (tertiary/aromatic N) is 3. The van der Waals surface area contributed by atoms with Gasteiger partial charge in [0, 0.05) is 17.3 Å². The summed E-state index contributed by atoms with van der Waals surface area (Å²) in [6.07, 6.45) is 0.442. The SMILES string of the molecule is CC(O)CNc1nc(Nc2ccc(Cl)cc2)ncc1[N+](=O)[O-]. The minimum Gasteiger partial charge on any atom is -0.392 e. The lowest BCUT2D eigenvalue weighted by Crippen LogP contribution is -2.17. The van der Waals surface area contributed by atoms with E-state index in [-0.39, 0.29) is 24.0 Å². The molecule has 22 heavy (non-hydrogen) atoms. The topological polar surface area (TPSA) is 113 Å². The van der Waals surface area contributed by atoms with Crippen LogP contribution in [-0.4, -0.2) is 32.6 Å². The zero-order chi connectivity index (χ0) is 16.1. The Bertz CT molecular complexity index is 663. The molecule has 1 aromatic carbocycles. The molecule has 1 atom stereocenters. The Balaban J connectivity index is 2.23. The molecule has 0 bridgehead atoms. The minimum absolute atomic E-state index is 0.0392. The number of benzene rings is 1. The Labute approximate surface area is 131 Å². The maximum atomic E-state index is 11.0. The quantitative estimate of drug-likeness (QED) is 0.553. The van der Waals surface area contributed by atoms with Crippen molar-refractivity contribution in [3.63, 3.8) is 0 Å². The third kappa shape index (κ3) is 4.27. The average molecular weight is 324 g/mol. The van der Waals surface area contributed by atoms with Gasteiger partial charge in [0.15, 0.2) is 0 Å². The molecule has 2 rings (SSSR count). The Morgan fingerprint density at radius 3 is 2.68 bits per heavy atom. The van der Waals surface area contributed by atoms with Crippen LogP contribution in [0.5, 0.6) is 0 Å². The second kappa shape index (κ2) is 7.01. The maximum Gasteiger partial charge on any atom is 0.329 e. The second-order valence-corrected chi connectivity index (χ2v) is 4.98. The van der Waals surface area contributed by atoms with Gasteiger partial charge in [-0.15, -0.1) is 0 Å². The highest BCUT2D eigenvalue weighted by Crippen LogP contribution is 2.24. The van der Waals surface area contributed by atoms with E-state index < -0.39 is 11.0 Å². The fourth-order valence-corrected chi connectivity index (χ4v) is 1.73. The standard InChI is InChI=1S/C13H14ClN5O3/c1-8(20)6-15-12-11(19(21)22)7-16-13(18-12)17-10-4-2-9(14)3-5-10/h2-5,7-8,20H,6H2,1H3,(H2,15,16,17,18). The van der Waals surface area contributed by atoms with Crippen LogP contribution in [0.2, 0.25) is 5.02 Å². The van der Waals surface area contributed by atoms with Gasteiger partial charge in [-0.05, 0) is 31.2 Å². The van der Waals surface area contributed by atoms with Crippen LogP contribution in [0.4, 0.5) is 23.1 Å². The fraction of sp³-hybridized carbons (Fsp3) is 0.231. The molecule has 9 heteroatoms. The number of nitrogens with one attached hydrogen (secondary N) is 2. The van der Waals surface area contributed by atoms with Crippen LogP contribution in [0.1, 0.15) is 6.92 Å². The van der Waals surface area contributed by atoms with E-state index in [4.69, 9.17) is 11.6 Å². The Morgan fingerprint density at radius 2 is 2.09 bits per heavy atom. The predicted octanol–water partition coefficient (Wildman–Crippen LogP) is 2.57.